The van der Waals surface area contributed by atoms with Crippen molar-refractivity contribution in [2.75, 3.05) is 38.3 Å². The second-order valence-electron chi connectivity index (χ2n) is 5.33. The Morgan fingerprint density at radius 1 is 1.44 bits per heavy atom. The van der Waals surface area contributed by atoms with Gasteiger partial charge in [-0.15, -0.1) is 0 Å². The zero-order valence-electron chi connectivity index (χ0n) is 13.2. The van der Waals surface area contributed by atoms with Gasteiger partial charge in [0, 0.05) is 19.6 Å². The smallest absolute Gasteiger partial charge is 0.407 e. The van der Waals surface area contributed by atoms with Crippen molar-refractivity contribution in [3.05, 3.63) is 33.6 Å². The van der Waals surface area contributed by atoms with Crippen LogP contribution >= 0.6 is 0 Å². The van der Waals surface area contributed by atoms with Crippen LogP contribution < -0.4 is 4.90 Å². The molecule has 1 aromatic carbocycles. The van der Waals surface area contributed by atoms with Crippen LogP contribution in [0.1, 0.15) is 10.4 Å². The molecule has 10 nitrogen and oxygen atoms in total. The van der Waals surface area contributed by atoms with Crippen LogP contribution in [-0.4, -0.2) is 71.5 Å². The molecule has 1 fully saturated rings. The molecule has 0 aromatic heterocycles. The molecule has 1 unspecified atom stereocenters. The first-order valence-corrected chi connectivity index (χ1v) is 7.21. The Morgan fingerprint density at radius 3 is 2.64 bits per heavy atom. The number of nitro benzene ring substituents is 1. The second-order valence-corrected chi connectivity index (χ2v) is 5.33. The average Bonchev–Trinajstić information content (AvgIpc) is 2.60. The molecule has 2 N–H and O–H groups in total. The summed E-state index contributed by atoms with van der Waals surface area (Å²) in [6.07, 6.45) is -1.17. The first-order valence-electron chi connectivity index (χ1n) is 7.21. The molecule has 2 rings (SSSR count). The molecule has 1 aliphatic rings. The Hall–Kier alpha value is -2.95. The number of ether oxygens (including phenoxy) is 1. The van der Waals surface area contributed by atoms with E-state index in [1.165, 1.54) is 4.90 Å². The summed E-state index contributed by atoms with van der Waals surface area (Å²) < 4.78 is 18.9. The number of carbonyl (C=O) groups excluding carboxylic acids is 1. The molecule has 11 heteroatoms. The van der Waals surface area contributed by atoms with Crippen molar-refractivity contribution in [2.24, 2.45) is 0 Å². The lowest BCUT2D eigenvalue weighted by atomic mass is 10.1. The third-order valence-electron chi connectivity index (χ3n) is 3.94. The fourth-order valence-electron chi connectivity index (χ4n) is 2.70. The molecule has 1 atom stereocenters. The summed E-state index contributed by atoms with van der Waals surface area (Å²) in [5.74, 6) is -1.96. The minimum Gasteiger partial charge on any atom is -0.465 e. The molecule has 136 valence electrons. The van der Waals surface area contributed by atoms with E-state index in [2.05, 4.69) is 4.74 Å². The summed E-state index contributed by atoms with van der Waals surface area (Å²) in [5.41, 5.74) is -1.31. The number of hydrogen-bond donors (Lipinski definition) is 2. The number of amides is 1. The number of nitrogens with zero attached hydrogens (tertiary/aromatic N) is 3. The van der Waals surface area contributed by atoms with Crippen molar-refractivity contribution in [3.63, 3.8) is 0 Å². The van der Waals surface area contributed by atoms with Crippen LogP contribution in [0.2, 0.25) is 0 Å². The van der Waals surface area contributed by atoms with E-state index in [9.17, 15) is 29.2 Å². The summed E-state index contributed by atoms with van der Waals surface area (Å²) in [6.45, 7) is -0.438. The highest BCUT2D eigenvalue weighted by molar-refractivity contribution is 5.95. The Kier molecular flexibility index (Phi) is 5.37. The van der Waals surface area contributed by atoms with Crippen molar-refractivity contribution in [2.45, 2.75) is 6.04 Å². The van der Waals surface area contributed by atoms with Gasteiger partial charge in [-0.25, -0.2) is 14.0 Å². The van der Waals surface area contributed by atoms with Crippen LogP contribution in [-0.2, 0) is 4.74 Å². The molecule has 1 aliphatic heterocycles. The molecule has 0 saturated carbocycles. The fraction of sp³-hybridized carbons (Fsp3) is 0.429. The fourth-order valence-corrected chi connectivity index (χ4v) is 2.70. The van der Waals surface area contributed by atoms with E-state index in [1.807, 2.05) is 0 Å². The maximum atomic E-state index is 14.4. The van der Waals surface area contributed by atoms with Crippen molar-refractivity contribution >= 4 is 23.4 Å². The van der Waals surface area contributed by atoms with Gasteiger partial charge < -0.3 is 24.7 Å². The van der Waals surface area contributed by atoms with E-state index >= 15 is 0 Å². The highest BCUT2D eigenvalue weighted by Gasteiger charge is 2.33. The summed E-state index contributed by atoms with van der Waals surface area (Å²) in [5, 5.41) is 29.5. The number of benzene rings is 1. The molecule has 1 amide bonds. The molecule has 25 heavy (non-hydrogen) atoms. The van der Waals surface area contributed by atoms with Crippen molar-refractivity contribution in [3.8, 4) is 0 Å². The van der Waals surface area contributed by atoms with Crippen LogP contribution in [0.15, 0.2) is 12.1 Å². The molecule has 0 spiro atoms. The normalized spacial score (nSPS) is 17.3. The molecule has 1 aromatic rings. The largest absolute Gasteiger partial charge is 0.465 e. The van der Waals surface area contributed by atoms with Crippen LogP contribution in [0, 0.1) is 15.9 Å². The number of halogens is 1. The first-order chi connectivity index (χ1) is 11.8. The average molecular weight is 357 g/mol. The van der Waals surface area contributed by atoms with Crippen molar-refractivity contribution in [1.82, 2.24) is 4.90 Å². The van der Waals surface area contributed by atoms with Gasteiger partial charge in [-0.3, -0.25) is 10.1 Å². The van der Waals surface area contributed by atoms with Gasteiger partial charge in [-0.1, -0.05) is 0 Å². The van der Waals surface area contributed by atoms with Gasteiger partial charge in [-0.05, 0) is 6.07 Å². The van der Waals surface area contributed by atoms with E-state index in [4.69, 9.17) is 5.11 Å². The predicted molar refractivity (Wildman–Crippen MR) is 82.2 cm³/mol. The Balaban J connectivity index is 2.46. The van der Waals surface area contributed by atoms with Crippen molar-refractivity contribution in [1.29, 1.82) is 0 Å². The zero-order valence-corrected chi connectivity index (χ0v) is 13.2. The highest BCUT2D eigenvalue weighted by Crippen LogP contribution is 2.31. The van der Waals surface area contributed by atoms with Crippen LogP contribution in [0.25, 0.3) is 0 Å². The molecule has 1 saturated heterocycles. The minimum absolute atomic E-state index is 0.0485. The quantitative estimate of drug-likeness (QED) is 0.456. The number of nitro groups is 1. The van der Waals surface area contributed by atoms with Gasteiger partial charge in [0.25, 0.3) is 5.69 Å². The number of carboxylic acid groups (broad SMARTS) is 1. The summed E-state index contributed by atoms with van der Waals surface area (Å²) >= 11 is 0. The third-order valence-corrected chi connectivity index (χ3v) is 3.94. The SMILES string of the molecule is COC(=O)c1cc(N2CCN(C(=O)O)CC2CO)c(F)cc1[N+](=O)[O-]. The lowest BCUT2D eigenvalue weighted by Gasteiger charge is -2.41. The number of rotatable bonds is 4. The van der Waals surface area contributed by atoms with Gasteiger partial charge in [0.15, 0.2) is 5.82 Å². The van der Waals surface area contributed by atoms with Crippen molar-refractivity contribution < 1.29 is 33.9 Å². The van der Waals surface area contributed by atoms with E-state index in [1.54, 1.807) is 0 Å². The predicted octanol–water partition coefficient (Wildman–Crippen LogP) is 0.681. The number of aliphatic hydroxyl groups excluding tert-OH is 1. The maximum absolute atomic E-state index is 14.4. The standard InChI is InChI=1S/C14H16FN3O7/c1-25-13(20)9-4-12(10(15)5-11(9)18(23)24)17-3-2-16(14(21)22)6-8(17)7-19/h4-5,8,19H,2-3,6-7H2,1H3,(H,21,22). The van der Waals surface area contributed by atoms with Gasteiger partial charge >= 0.3 is 12.1 Å². The highest BCUT2D eigenvalue weighted by atomic mass is 19.1. The molecule has 1 heterocycles. The van der Waals surface area contributed by atoms with E-state index in [-0.39, 0.29) is 25.3 Å². The number of carbonyl (C=O) groups is 2. The molecular formula is C14H16FN3O7. The lowest BCUT2D eigenvalue weighted by Crippen LogP contribution is -2.56. The molecule has 0 bridgehead atoms. The summed E-state index contributed by atoms with van der Waals surface area (Å²) in [7, 11) is 1.04. The molecule has 0 aliphatic carbocycles. The number of aliphatic hydroxyl groups is 1. The summed E-state index contributed by atoms with van der Waals surface area (Å²) in [6, 6.07) is 0.837. The lowest BCUT2D eigenvalue weighted by molar-refractivity contribution is -0.385. The monoisotopic (exact) mass is 357 g/mol. The zero-order chi connectivity index (χ0) is 18.7. The minimum atomic E-state index is -1.17. The number of methoxy groups -OCH3 is 1. The number of anilines is 1. The third kappa shape index (κ3) is 3.60. The Bertz CT molecular complexity index is 712. The first kappa shape index (κ1) is 18.4. The molecular weight excluding hydrogens is 341 g/mol. The topological polar surface area (TPSA) is 133 Å². The Labute approximate surface area is 141 Å². The summed E-state index contributed by atoms with van der Waals surface area (Å²) in [4.78, 5) is 35.4. The Morgan fingerprint density at radius 2 is 2.12 bits per heavy atom. The van der Waals surface area contributed by atoms with E-state index in [0.717, 1.165) is 18.1 Å². The van der Waals surface area contributed by atoms with E-state index in [0.29, 0.717) is 6.07 Å². The van der Waals surface area contributed by atoms with E-state index < -0.39 is 46.7 Å². The van der Waals surface area contributed by atoms with Crippen LogP contribution in [0.3, 0.4) is 0 Å². The number of piperazine rings is 1. The van der Waals surface area contributed by atoms with Gasteiger partial charge in [-0.2, -0.15) is 0 Å². The van der Waals surface area contributed by atoms with Gasteiger partial charge in [0.1, 0.15) is 5.56 Å². The molecule has 0 radical (unpaired) electrons. The van der Waals surface area contributed by atoms with Gasteiger partial charge in [0.05, 0.1) is 36.4 Å². The maximum Gasteiger partial charge on any atom is 0.407 e. The van der Waals surface area contributed by atoms with Crippen LogP contribution in [0.5, 0.6) is 0 Å². The number of esters is 1. The number of hydrogen-bond acceptors (Lipinski definition) is 7. The van der Waals surface area contributed by atoms with Gasteiger partial charge in [0.2, 0.25) is 0 Å². The van der Waals surface area contributed by atoms with Crippen LogP contribution in [0.4, 0.5) is 20.6 Å². The second kappa shape index (κ2) is 7.30.